The van der Waals surface area contributed by atoms with Gasteiger partial charge in [-0.1, -0.05) is 15.9 Å². The van der Waals surface area contributed by atoms with Crippen LogP contribution in [0.25, 0.3) is 0 Å². The van der Waals surface area contributed by atoms with Crippen molar-refractivity contribution in [1.82, 2.24) is 4.90 Å². The van der Waals surface area contributed by atoms with E-state index in [-0.39, 0.29) is 0 Å². The second-order valence-corrected chi connectivity index (χ2v) is 8.27. The second-order valence-electron chi connectivity index (χ2n) is 7.48. The van der Waals surface area contributed by atoms with Crippen LogP contribution in [-0.2, 0) is 12.8 Å². The fourth-order valence-corrected chi connectivity index (χ4v) is 5.10. The van der Waals surface area contributed by atoms with Crippen molar-refractivity contribution in [3.05, 3.63) is 26.7 Å². The molecule has 0 saturated carbocycles. The van der Waals surface area contributed by atoms with Gasteiger partial charge in [-0.2, -0.15) is 0 Å². The fraction of sp³-hybridized carbons (Fsp3) is 0.632. The van der Waals surface area contributed by atoms with Crippen LogP contribution in [0.3, 0.4) is 0 Å². The first-order valence-corrected chi connectivity index (χ1v) is 9.75. The van der Waals surface area contributed by atoms with Gasteiger partial charge in [0.05, 0.1) is 5.69 Å². The predicted octanol–water partition coefficient (Wildman–Crippen LogP) is 4.03. The van der Waals surface area contributed by atoms with E-state index in [0.29, 0.717) is 12.0 Å². The predicted molar refractivity (Wildman–Crippen MR) is 99.6 cm³/mol. The van der Waals surface area contributed by atoms with Gasteiger partial charge >= 0.3 is 0 Å². The van der Waals surface area contributed by atoms with Crippen LogP contribution in [0.4, 0.5) is 5.69 Å². The summed E-state index contributed by atoms with van der Waals surface area (Å²) >= 11 is 3.82. The van der Waals surface area contributed by atoms with Gasteiger partial charge in [0.1, 0.15) is 5.84 Å². The van der Waals surface area contributed by atoms with Gasteiger partial charge in [0, 0.05) is 29.5 Å². The van der Waals surface area contributed by atoms with E-state index in [1.165, 1.54) is 64.8 Å². The van der Waals surface area contributed by atoms with Crippen LogP contribution in [0.2, 0.25) is 0 Å². The Morgan fingerprint density at radius 3 is 2.74 bits per heavy atom. The third kappa shape index (κ3) is 2.54. The molecule has 3 nitrogen and oxygen atoms in total. The van der Waals surface area contributed by atoms with Crippen LogP contribution < -0.4 is 5.73 Å². The van der Waals surface area contributed by atoms with Crippen molar-refractivity contribution < 1.29 is 0 Å². The van der Waals surface area contributed by atoms with Gasteiger partial charge < -0.3 is 10.6 Å². The molecule has 1 aliphatic carbocycles. The molecule has 1 saturated heterocycles. The zero-order chi connectivity index (χ0) is 16.1. The van der Waals surface area contributed by atoms with Crippen LogP contribution >= 0.6 is 15.9 Å². The minimum Gasteiger partial charge on any atom is -0.358 e. The van der Waals surface area contributed by atoms with E-state index < -0.39 is 0 Å². The molecule has 0 radical (unpaired) electrons. The summed E-state index contributed by atoms with van der Waals surface area (Å²) in [5, 5.41) is 0. The highest BCUT2D eigenvalue weighted by Gasteiger charge is 2.34. The highest BCUT2D eigenvalue weighted by atomic mass is 79.9. The van der Waals surface area contributed by atoms with Crippen molar-refractivity contribution >= 4 is 27.5 Å². The van der Waals surface area contributed by atoms with Crippen LogP contribution in [-0.4, -0.2) is 29.9 Å². The molecule has 2 aliphatic heterocycles. The topological polar surface area (TPSA) is 41.6 Å². The van der Waals surface area contributed by atoms with Gasteiger partial charge in [-0.3, -0.25) is 0 Å². The molecule has 4 heteroatoms. The third-order valence-corrected chi connectivity index (χ3v) is 7.11. The minimum absolute atomic E-state index is 0.306. The zero-order valence-corrected chi connectivity index (χ0v) is 15.7. The fourth-order valence-electron chi connectivity index (χ4n) is 4.67. The first-order chi connectivity index (χ1) is 11.1. The highest BCUT2D eigenvalue weighted by molar-refractivity contribution is 9.10. The largest absolute Gasteiger partial charge is 0.358 e. The van der Waals surface area contributed by atoms with Crippen LogP contribution in [0.1, 0.15) is 47.9 Å². The molecule has 1 fully saturated rings. The molecular formula is C19H26BrN3. The quantitative estimate of drug-likeness (QED) is 0.743. The molecule has 2 atom stereocenters. The van der Waals surface area contributed by atoms with Crippen molar-refractivity contribution in [1.29, 1.82) is 0 Å². The van der Waals surface area contributed by atoms with Gasteiger partial charge in [-0.25, -0.2) is 4.99 Å². The van der Waals surface area contributed by atoms with Gasteiger partial charge in [0.15, 0.2) is 0 Å². The minimum atomic E-state index is 0.306. The number of piperidine rings is 1. The number of benzene rings is 1. The van der Waals surface area contributed by atoms with E-state index >= 15 is 0 Å². The first kappa shape index (κ1) is 15.6. The van der Waals surface area contributed by atoms with Crippen molar-refractivity contribution in [3.8, 4) is 0 Å². The molecule has 1 aromatic rings. The van der Waals surface area contributed by atoms with Crippen molar-refractivity contribution in [2.24, 2.45) is 16.6 Å². The molecule has 4 rings (SSSR count). The Morgan fingerprint density at radius 2 is 1.96 bits per heavy atom. The Kier molecular flexibility index (Phi) is 4.01. The molecule has 3 aliphatic rings. The van der Waals surface area contributed by atoms with Crippen molar-refractivity contribution in [2.75, 3.05) is 13.1 Å². The number of nitrogens with two attached hydrogens (primary N) is 1. The summed E-state index contributed by atoms with van der Waals surface area (Å²) in [5.74, 6) is 1.91. The number of likely N-dealkylation sites (tertiary alicyclic amines) is 1. The van der Waals surface area contributed by atoms with E-state index in [1.807, 2.05) is 0 Å². The second kappa shape index (κ2) is 5.89. The standard InChI is InChI=1S/C19H26BrN3/c1-11-15-7-3-5-13-9-16(15)18(12(2)17(11)20)22-19(13)23-8-4-6-14(21)10-23/h13-14H,3-10,21H2,1-2H3. The lowest BCUT2D eigenvalue weighted by Crippen LogP contribution is -2.48. The summed E-state index contributed by atoms with van der Waals surface area (Å²) in [6.45, 7) is 6.57. The van der Waals surface area contributed by atoms with Crippen LogP contribution in [0, 0.1) is 19.8 Å². The summed E-state index contributed by atoms with van der Waals surface area (Å²) < 4.78 is 1.25. The monoisotopic (exact) mass is 375 g/mol. The molecule has 23 heavy (non-hydrogen) atoms. The first-order valence-electron chi connectivity index (χ1n) is 8.95. The van der Waals surface area contributed by atoms with Crippen molar-refractivity contribution in [2.45, 2.75) is 58.4 Å². The normalized spacial score (nSPS) is 26.8. The lowest BCUT2D eigenvalue weighted by Gasteiger charge is -2.38. The van der Waals surface area contributed by atoms with Crippen LogP contribution in [0.5, 0.6) is 0 Å². The van der Waals surface area contributed by atoms with Gasteiger partial charge in [-0.05, 0) is 74.6 Å². The number of aliphatic imine (C=N–C) groups is 1. The van der Waals surface area contributed by atoms with Crippen molar-refractivity contribution in [3.63, 3.8) is 0 Å². The maximum Gasteiger partial charge on any atom is 0.108 e. The number of fused-ring (bicyclic) bond motifs is 1. The molecule has 2 bridgehead atoms. The lowest BCUT2D eigenvalue weighted by molar-refractivity contribution is 0.293. The number of hydrogen-bond donors (Lipinski definition) is 1. The van der Waals surface area contributed by atoms with Gasteiger partial charge in [0.2, 0.25) is 0 Å². The average molecular weight is 376 g/mol. The molecule has 124 valence electrons. The van der Waals surface area contributed by atoms with E-state index in [2.05, 4.69) is 34.7 Å². The number of hydrogen-bond acceptors (Lipinski definition) is 3. The smallest absolute Gasteiger partial charge is 0.108 e. The molecule has 2 N–H and O–H groups in total. The Morgan fingerprint density at radius 1 is 1.13 bits per heavy atom. The van der Waals surface area contributed by atoms with E-state index in [1.54, 1.807) is 5.56 Å². The number of nitrogens with zero attached hydrogens (tertiary/aromatic N) is 2. The Bertz CT molecular complexity index is 680. The Balaban J connectivity index is 1.84. The molecule has 0 amide bonds. The summed E-state index contributed by atoms with van der Waals surface area (Å²) in [6, 6.07) is 0.306. The maximum absolute atomic E-state index is 6.23. The number of amidine groups is 1. The number of halogens is 1. The zero-order valence-electron chi connectivity index (χ0n) is 14.2. The Labute approximate surface area is 147 Å². The van der Waals surface area contributed by atoms with Crippen LogP contribution in [0.15, 0.2) is 9.47 Å². The summed E-state index contributed by atoms with van der Waals surface area (Å²) in [6.07, 6.45) is 7.25. The molecule has 0 aromatic heterocycles. The maximum atomic E-state index is 6.23. The molecule has 0 spiro atoms. The molecule has 2 heterocycles. The van der Waals surface area contributed by atoms with E-state index in [0.717, 1.165) is 19.5 Å². The van der Waals surface area contributed by atoms with Gasteiger partial charge in [-0.15, -0.1) is 0 Å². The number of rotatable bonds is 0. The lowest BCUT2D eigenvalue weighted by atomic mass is 9.87. The summed E-state index contributed by atoms with van der Waals surface area (Å²) in [4.78, 5) is 7.70. The summed E-state index contributed by atoms with van der Waals surface area (Å²) in [5.41, 5.74) is 13.3. The highest BCUT2D eigenvalue weighted by Crippen LogP contribution is 2.44. The Hall–Kier alpha value is -0.870. The van der Waals surface area contributed by atoms with E-state index in [4.69, 9.17) is 10.7 Å². The molecule has 2 unspecified atom stereocenters. The molecule has 1 aromatic carbocycles. The third-order valence-electron chi connectivity index (χ3n) is 5.92. The van der Waals surface area contributed by atoms with Gasteiger partial charge in [0.25, 0.3) is 0 Å². The average Bonchev–Trinajstić information content (AvgIpc) is 2.73. The SMILES string of the molecule is Cc1c(Br)c(C)c2c3c1CCCC(C3)C(N1CCCC(N)C1)=N2. The summed E-state index contributed by atoms with van der Waals surface area (Å²) in [7, 11) is 0. The molecular weight excluding hydrogens is 350 g/mol. The van der Waals surface area contributed by atoms with E-state index in [9.17, 15) is 0 Å².